The lowest BCUT2D eigenvalue weighted by molar-refractivity contribution is 0.0996. The van der Waals surface area contributed by atoms with Crippen LogP contribution in [-0.2, 0) is 17.8 Å². The molecule has 1 amide bonds. The van der Waals surface area contributed by atoms with Crippen molar-refractivity contribution in [1.82, 2.24) is 10.1 Å². The third-order valence-corrected chi connectivity index (χ3v) is 5.13. The fourth-order valence-corrected chi connectivity index (χ4v) is 4.03. The van der Waals surface area contributed by atoms with Crippen molar-refractivity contribution in [3.63, 3.8) is 0 Å². The minimum absolute atomic E-state index is 0.220. The Labute approximate surface area is 149 Å². The Balaban J connectivity index is 1.74. The lowest BCUT2D eigenvalue weighted by Gasteiger charge is -2.12. The second-order valence-electron chi connectivity index (χ2n) is 5.22. The Morgan fingerprint density at radius 2 is 2.29 bits per heavy atom. The number of hydrogen-bond acceptors (Lipinski definition) is 7. The molecule has 0 spiro atoms. The van der Waals surface area contributed by atoms with Crippen LogP contribution in [0.15, 0.2) is 25.7 Å². The molecular formula is C15H12BrN3O4S. The van der Waals surface area contributed by atoms with Gasteiger partial charge < -0.3 is 19.0 Å². The zero-order valence-corrected chi connectivity index (χ0v) is 15.0. The molecule has 0 unspecified atom stereocenters. The van der Waals surface area contributed by atoms with Crippen molar-refractivity contribution in [2.75, 3.05) is 11.9 Å². The minimum atomic E-state index is -0.335. The number of nitrogens with one attached hydrogen (secondary N) is 1. The van der Waals surface area contributed by atoms with Crippen molar-refractivity contribution >= 4 is 38.2 Å². The van der Waals surface area contributed by atoms with E-state index in [-0.39, 0.29) is 11.7 Å². The summed E-state index contributed by atoms with van der Waals surface area (Å²) in [5, 5.41) is 7.40. The van der Waals surface area contributed by atoms with Gasteiger partial charge in [-0.25, -0.2) is 0 Å². The first kappa shape index (κ1) is 15.6. The molecule has 4 rings (SSSR count). The molecule has 1 aliphatic heterocycles. The highest BCUT2D eigenvalue weighted by molar-refractivity contribution is 9.10. The van der Waals surface area contributed by atoms with Crippen LogP contribution in [-0.4, -0.2) is 22.7 Å². The highest BCUT2D eigenvalue weighted by Crippen LogP contribution is 2.42. The summed E-state index contributed by atoms with van der Waals surface area (Å²) in [5.74, 6) is 0.835. The molecule has 0 atom stereocenters. The van der Waals surface area contributed by atoms with Crippen molar-refractivity contribution in [2.24, 2.45) is 0 Å². The van der Waals surface area contributed by atoms with Gasteiger partial charge in [0.2, 0.25) is 0 Å². The number of rotatable bonds is 3. The van der Waals surface area contributed by atoms with Gasteiger partial charge in [0.25, 0.3) is 11.8 Å². The van der Waals surface area contributed by atoms with Crippen molar-refractivity contribution in [1.29, 1.82) is 0 Å². The highest BCUT2D eigenvalue weighted by Gasteiger charge is 2.27. The Kier molecular flexibility index (Phi) is 3.99. The van der Waals surface area contributed by atoms with E-state index in [4.69, 9.17) is 13.7 Å². The number of furan rings is 1. The monoisotopic (exact) mass is 409 g/mol. The molecule has 0 radical (unpaired) electrons. The summed E-state index contributed by atoms with van der Waals surface area (Å²) in [6.07, 6.45) is 0.741. The molecule has 0 aromatic carbocycles. The number of thiophene rings is 1. The number of halogens is 1. The first-order valence-electron chi connectivity index (χ1n) is 7.21. The van der Waals surface area contributed by atoms with Crippen LogP contribution in [0.25, 0.3) is 11.5 Å². The Bertz CT molecular complexity index is 914. The van der Waals surface area contributed by atoms with Crippen LogP contribution in [0, 0.1) is 6.92 Å². The van der Waals surface area contributed by atoms with E-state index >= 15 is 0 Å². The molecule has 0 saturated carbocycles. The van der Waals surface area contributed by atoms with E-state index in [0.29, 0.717) is 34.6 Å². The van der Waals surface area contributed by atoms with Gasteiger partial charge in [-0.15, -0.1) is 11.3 Å². The number of hydrogen-bond donors (Lipinski definition) is 1. The molecule has 3 aromatic heterocycles. The number of carbonyl (C=O) groups excluding carboxylic acids is 1. The molecule has 24 heavy (non-hydrogen) atoms. The molecule has 124 valence electrons. The van der Waals surface area contributed by atoms with E-state index in [1.54, 1.807) is 19.1 Å². The van der Waals surface area contributed by atoms with E-state index in [9.17, 15) is 4.79 Å². The first-order chi connectivity index (χ1) is 11.6. The summed E-state index contributed by atoms with van der Waals surface area (Å²) in [4.78, 5) is 17.8. The summed E-state index contributed by atoms with van der Waals surface area (Å²) in [6, 6.07) is 3.27. The van der Waals surface area contributed by atoms with Crippen molar-refractivity contribution < 1.29 is 18.5 Å². The Hall–Kier alpha value is -1.97. The summed E-state index contributed by atoms with van der Waals surface area (Å²) in [7, 11) is 0. The van der Waals surface area contributed by atoms with Gasteiger partial charge in [-0.2, -0.15) is 4.98 Å². The van der Waals surface area contributed by atoms with E-state index in [1.165, 1.54) is 11.3 Å². The summed E-state index contributed by atoms with van der Waals surface area (Å²) in [6.45, 7) is 2.90. The van der Waals surface area contributed by atoms with Gasteiger partial charge in [-0.3, -0.25) is 4.79 Å². The maximum absolute atomic E-state index is 12.4. The first-order valence-corrected chi connectivity index (χ1v) is 8.82. The Morgan fingerprint density at radius 1 is 1.42 bits per heavy atom. The van der Waals surface area contributed by atoms with Gasteiger partial charge in [0, 0.05) is 4.88 Å². The highest BCUT2D eigenvalue weighted by atomic mass is 79.9. The fraction of sp³-hybridized carbons (Fsp3) is 0.267. The van der Waals surface area contributed by atoms with Crippen LogP contribution in [0.5, 0.6) is 0 Å². The van der Waals surface area contributed by atoms with E-state index in [0.717, 1.165) is 22.4 Å². The lowest BCUT2D eigenvalue weighted by atomic mass is 10.1. The number of ether oxygens (including phenoxy) is 1. The second kappa shape index (κ2) is 6.15. The van der Waals surface area contributed by atoms with Gasteiger partial charge in [0.1, 0.15) is 5.00 Å². The minimum Gasteiger partial charge on any atom is -0.444 e. The number of aromatic nitrogens is 2. The van der Waals surface area contributed by atoms with E-state index in [2.05, 4.69) is 31.4 Å². The number of fused-ring (bicyclic) bond motifs is 1. The molecule has 4 heterocycles. The number of amides is 1. The SMILES string of the molecule is Cc1noc(-c2c(NC(=O)c3ccc(Br)o3)sc3c2CCOC3)n1. The number of anilines is 1. The van der Waals surface area contributed by atoms with Gasteiger partial charge in [-0.05, 0) is 47.0 Å². The quantitative estimate of drug-likeness (QED) is 0.707. The van der Waals surface area contributed by atoms with E-state index < -0.39 is 0 Å². The molecule has 1 N–H and O–H groups in total. The number of aryl methyl sites for hydroxylation is 1. The molecule has 7 nitrogen and oxygen atoms in total. The molecule has 9 heteroatoms. The zero-order valence-electron chi connectivity index (χ0n) is 12.6. The van der Waals surface area contributed by atoms with Crippen molar-refractivity contribution in [2.45, 2.75) is 20.0 Å². The van der Waals surface area contributed by atoms with Crippen molar-refractivity contribution in [3.05, 3.63) is 38.8 Å². The maximum atomic E-state index is 12.4. The van der Waals surface area contributed by atoms with Crippen LogP contribution in [0.2, 0.25) is 0 Å². The molecule has 0 bridgehead atoms. The van der Waals surface area contributed by atoms with Gasteiger partial charge >= 0.3 is 0 Å². The largest absolute Gasteiger partial charge is 0.444 e. The normalized spacial score (nSPS) is 13.8. The molecule has 1 aliphatic rings. The summed E-state index contributed by atoms with van der Waals surface area (Å²) < 4.78 is 16.6. The maximum Gasteiger partial charge on any atom is 0.292 e. The van der Waals surface area contributed by atoms with E-state index in [1.807, 2.05) is 0 Å². The molecule has 0 saturated heterocycles. The predicted octanol–water partition coefficient (Wildman–Crippen LogP) is 3.79. The van der Waals surface area contributed by atoms with Crippen molar-refractivity contribution in [3.8, 4) is 11.5 Å². The van der Waals surface area contributed by atoms with Gasteiger partial charge in [0.15, 0.2) is 16.3 Å². The van der Waals surface area contributed by atoms with Crippen LogP contribution >= 0.6 is 27.3 Å². The lowest BCUT2D eigenvalue weighted by Crippen LogP contribution is -2.11. The smallest absolute Gasteiger partial charge is 0.292 e. The van der Waals surface area contributed by atoms with Gasteiger partial charge in [-0.1, -0.05) is 5.16 Å². The topological polar surface area (TPSA) is 90.4 Å². The molecule has 0 aliphatic carbocycles. The molecule has 3 aromatic rings. The predicted molar refractivity (Wildman–Crippen MR) is 90.1 cm³/mol. The number of nitrogens with zero attached hydrogens (tertiary/aromatic N) is 2. The summed E-state index contributed by atoms with van der Waals surface area (Å²) >= 11 is 4.65. The second-order valence-corrected chi connectivity index (χ2v) is 7.10. The average Bonchev–Trinajstić information content (AvgIpc) is 3.25. The molecular weight excluding hydrogens is 398 g/mol. The Morgan fingerprint density at radius 3 is 3.00 bits per heavy atom. The molecule has 0 fully saturated rings. The summed E-state index contributed by atoms with van der Waals surface area (Å²) in [5.41, 5.74) is 1.86. The van der Waals surface area contributed by atoms with Crippen LogP contribution in [0.4, 0.5) is 5.00 Å². The fourth-order valence-electron chi connectivity index (χ4n) is 2.55. The third kappa shape index (κ3) is 2.79. The zero-order chi connectivity index (χ0) is 16.7. The van der Waals surface area contributed by atoms with Gasteiger partial charge in [0.05, 0.1) is 18.8 Å². The van der Waals surface area contributed by atoms with Crippen LogP contribution in [0.1, 0.15) is 26.8 Å². The van der Waals surface area contributed by atoms with Crippen LogP contribution < -0.4 is 5.32 Å². The number of carbonyl (C=O) groups is 1. The third-order valence-electron chi connectivity index (χ3n) is 3.59. The standard InChI is InChI=1S/C15H12BrN3O4S/c1-7-17-14(23-19-7)12-8-4-5-21-6-10(8)24-15(12)18-13(20)9-2-3-11(16)22-9/h2-3H,4-6H2,1H3,(H,18,20). The van der Waals surface area contributed by atoms with Crippen LogP contribution in [0.3, 0.4) is 0 Å². The average molecular weight is 410 g/mol.